The molecule has 2 aromatic rings. The average Bonchev–Trinajstić information content (AvgIpc) is 1.43. The molecule has 2 aliphatic rings. The molecule has 0 spiro atoms. The second-order valence-electron chi connectivity index (χ2n) is 25.2. The van der Waals surface area contributed by atoms with E-state index >= 15 is 0 Å². The van der Waals surface area contributed by atoms with Crippen LogP contribution in [0.15, 0.2) is 116 Å². The number of aliphatic hydroxyl groups is 2. The first-order valence-electron chi connectivity index (χ1n) is 32.2. The highest BCUT2D eigenvalue weighted by molar-refractivity contribution is 6.33. The fourth-order valence-electron chi connectivity index (χ4n) is 9.38. The van der Waals surface area contributed by atoms with Crippen molar-refractivity contribution in [3.63, 3.8) is 0 Å². The zero-order valence-electron chi connectivity index (χ0n) is 58.5. The number of aliphatic hydroxyl groups excluding tert-OH is 2. The summed E-state index contributed by atoms with van der Waals surface area (Å²) in [7, 11) is 0. The maximum absolute atomic E-state index is 11.2. The number of allylic oxidation sites excluding steroid dienone is 18. The molecule has 512 valence electrons. The number of halogens is 2. The molecule has 2 unspecified atom stereocenters. The molecule has 4 rings (SSSR count). The molecule has 0 radical (unpaired) electrons. The number of aldehydes is 5. The van der Waals surface area contributed by atoms with E-state index in [9.17, 15) is 44.4 Å². The molecule has 2 fully saturated rings. The molecule has 15 heteroatoms. The van der Waals surface area contributed by atoms with Gasteiger partial charge in [-0.2, -0.15) is 0 Å². The van der Waals surface area contributed by atoms with Gasteiger partial charge in [0.05, 0.1) is 57.8 Å². The number of hydrogen-bond donors (Lipinski definition) is 6. The number of epoxide rings is 2. The Kier molecular flexibility index (Phi) is 42.9. The van der Waals surface area contributed by atoms with Gasteiger partial charge in [0.25, 0.3) is 0 Å². The summed E-state index contributed by atoms with van der Waals surface area (Å²) in [6, 6.07) is 0. The topological polar surface area (TPSA) is 232 Å². The minimum Gasteiger partial charge on any atom is -0.507 e. The Morgan fingerprint density at radius 3 is 0.924 bits per heavy atom. The highest BCUT2D eigenvalue weighted by Crippen LogP contribution is 2.43. The van der Waals surface area contributed by atoms with E-state index in [2.05, 4.69) is 80.5 Å². The van der Waals surface area contributed by atoms with E-state index in [4.69, 9.17) is 42.9 Å². The van der Waals surface area contributed by atoms with Crippen molar-refractivity contribution in [2.75, 3.05) is 13.2 Å². The molecular weight excluding hydrogens is 1200 g/mol. The quantitative estimate of drug-likeness (QED) is 0.0169. The van der Waals surface area contributed by atoms with Crippen molar-refractivity contribution >= 4 is 54.6 Å². The zero-order chi connectivity index (χ0) is 70.3. The molecule has 2 heterocycles. The Hall–Kier alpha value is -6.19. The lowest BCUT2D eigenvalue weighted by atomic mass is 9.98. The second-order valence-corrected chi connectivity index (χ2v) is 26.0. The number of carbonyl (C=O) groups excluding carboxylic acids is 5. The number of aromatic hydroxyl groups is 4. The Labute approximate surface area is 562 Å². The third-order valence-electron chi connectivity index (χ3n) is 16.1. The highest BCUT2D eigenvalue weighted by Gasteiger charge is 2.47. The van der Waals surface area contributed by atoms with Gasteiger partial charge in [-0.1, -0.05) is 130 Å². The van der Waals surface area contributed by atoms with Crippen molar-refractivity contribution in [1.82, 2.24) is 0 Å². The largest absolute Gasteiger partial charge is 0.507 e. The van der Waals surface area contributed by atoms with Gasteiger partial charge in [-0.05, 0) is 248 Å². The van der Waals surface area contributed by atoms with Crippen LogP contribution in [0.1, 0.15) is 243 Å². The number of rotatable bonds is 33. The third kappa shape index (κ3) is 34.6. The van der Waals surface area contributed by atoms with Gasteiger partial charge in [-0.3, -0.25) is 24.0 Å². The summed E-state index contributed by atoms with van der Waals surface area (Å²) < 4.78 is 11.2. The van der Waals surface area contributed by atoms with Crippen molar-refractivity contribution in [3.8, 4) is 23.0 Å². The number of carbonyl (C=O) groups is 5. The van der Waals surface area contributed by atoms with Gasteiger partial charge in [0, 0.05) is 11.1 Å². The minimum atomic E-state index is -0.236. The van der Waals surface area contributed by atoms with Crippen molar-refractivity contribution in [2.45, 2.75) is 250 Å². The van der Waals surface area contributed by atoms with Crippen LogP contribution in [0.2, 0.25) is 10.0 Å². The van der Waals surface area contributed by atoms with Crippen LogP contribution in [0.25, 0.3) is 0 Å². The van der Waals surface area contributed by atoms with Crippen LogP contribution in [0.5, 0.6) is 23.0 Å². The maximum Gasteiger partial charge on any atom is 0.154 e. The predicted octanol–water partition coefficient (Wildman–Crippen LogP) is 19.1. The molecule has 0 bridgehead atoms. The monoisotopic (exact) mass is 1310 g/mol. The molecule has 0 saturated carbocycles. The first-order chi connectivity index (χ1) is 43.3. The van der Waals surface area contributed by atoms with Crippen LogP contribution < -0.4 is 0 Å². The third-order valence-corrected chi connectivity index (χ3v) is 17.0. The summed E-state index contributed by atoms with van der Waals surface area (Å²) in [6.45, 7) is 34.0. The van der Waals surface area contributed by atoms with Gasteiger partial charge in [0.2, 0.25) is 0 Å². The van der Waals surface area contributed by atoms with Crippen LogP contribution in [0.4, 0.5) is 0 Å². The SMILES string of the molecule is C/C(=C\CO)CC/C=C(\C)CCC1OC1(C)C.C/C(=C\Cc1c(O)c(Cl)c(C)c(C=O)c1O)CC/C=C(\C)CCC1OC1(C)C.C/C(C=O)=C\CC/C(C)=C/CO.C/C(C=O)=C\CC/C(C)=C/Cc1c(O)c(Cl)c(C)c(C=O)c1O.CC/C=C(\C)CC/C=C(\C)C=O. The number of phenols is 4. The first kappa shape index (κ1) is 85.8. The molecular formula is C77H112Cl2O13. The van der Waals surface area contributed by atoms with Crippen molar-refractivity contribution in [3.05, 3.63) is 160 Å². The Morgan fingerprint density at radius 2 is 0.674 bits per heavy atom. The van der Waals surface area contributed by atoms with Crippen molar-refractivity contribution in [2.24, 2.45) is 0 Å². The Bertz CT molecular complexity index is 2980. The summed E-state index contributed by atoms with van der Waals surface area (Å²) in [5.74, 6) is -0.792. The van der Waals surface area contributed by atoms with E-state index in [-0.39, 0.29) is 86.1 Å². The number of phenolic OH excluding ortho intramolecular Hbond substituents is 4. The Morgan fingerprint density at radius 1 is 0.413 bits per heavy atom. The van der Waals surface area contributed by atoms with Crippen LogP contribution in [0.3, 0.4) is 0 Å². The van der Waals surface area contributed by atoms with E-state index in [1.807, 2.05) is 64.2 Å². The molecule has 2 aromatic carbocycles. The first-order valence-corrected chi connectivity index (χ1v) is 32.9. The van der Waals surface area contributed by atoms with E-state index in [0.29, 0.717) is 47.9 Å². The Balaban J connectivity index is 0.00000117. The molecule has 0 aliphatic carbocycles. The zero-order valence-corrected chi connectivity index (χ0v) is 60.1. The smallest absolute Gasteiger partial charge is 0.154 e. The molecule has 2 saturated heterocycles. The fraction of sp³-hybridized carbons (Fsp3) is 0.519. The molecule has 13 nitrogen and oxygen atoms in total. The van der Waals surface area contributed by atoms with Crippen LogP contribution in [0, 0.1) is 13.8 Å². The van der Waals surface area contributed by atoms with Crippen LogP contribution in [-0.2, 0) is 36.7 Å². The van der Waals surface area contributed by atoms with Crippen LogP contribution >= 0.6 is 23.2 Å². The summed E-state index contributed by atoms with van der Waals surface area (Å²) in [5.41, 5.74) is 12.8. The maximum atomic E-state index is 11.2. The molecule has 6 N–H and O–H groups in total. The van der Waals surface area contributed by atoms with E-state index < -0.39 is 0 Å². The number of hydrogen-bond acceptors (Lipinski definition) is 13. The second kappa shape index (κ2) is 46.0. The van der Waals surface area contributed by atoms with Gasteiger partial charge in [0.1, 0.15) is 41.9 Å². The van der Waals surface area contributed by atoms with Crippen molar-refractivity contribution < 1.29 is 64.1 Å². The standard InChI is InChI=1S/C23H31ClO4.C18H21ClO4.C15H26O2.C11H18O.C10H16O2/c1-14(7-6-8-15(2)10-12-19-23(4,5)28-19)9-11-17-21(26)18(13-25)16(3)20(24)22(17)27;1-11(5-4-6-12(2)9-20)7-8-14-17(22)15(10-21)13(3)16(19)18(14)23;1-12(6-5-7-13(2)10-11-16)8-9-14-15(3,4)17-14;1-4-6-10(2)7-5-8-11(3)9-12;1-9(6-7-11)4-3-5-10(2)8-12/h8-9,13,19,26-27H,6-7,10-12H2,1-5H3;6-7,9-10,22-23H,4-5,8H2,1-3H3;6,10,14,16H,5,7-9,11H2,1-4H3;6,8-9H,4-5,7H2,1-3H3;5-6,8,11H,3-4,7H2,1-2H3/b14-9+,15-8+;11-7+,12-6+;12-6+,13-10+;10-6+,11-8+;9-6+,10-5+. The van der Waals surface area contributed by atoms with Gasteiger partial charge in [-0.25, -0.2) is 0 Å². The molecule has 0 aromatic heterocycles. The van der Waals surface area contributed by atoms with E-state index in [0.717, 1.165) is 143 Å². The van der Waals surface area contributed by atoms with E-state index in [1.165, 1.54) is 22.3 Å². The highest BCUT2D eigenvalue weighted by atomic mass is 35.5. The summed E-state index contributed by atoms with van der Waals surface area (Å²) in [5, 5.41) is 58.2. The molecule has 2 atom stereocenters. The predicted molar refractivity (Wildman–Crippen MR) is 380 cm³/mol. The fourth-order valence-corrected chi connectivity index (χ4v) is 9.81. The number of ether oxygens (including phenoxy) is 2. The molecule has 0 amide bonds. The van der Waals surface area contributed by atoms with Gasteiger partial charge >= 0.3 is 0 Å². The van der Waals surface area contributed by atoms with Gasteiger partial charge in [-0.15, -0.1) is 0 Å². The molecule has 92 heavy (non-hydrogen) atoms. The number of benzene rings is 2. The van der Waals surface area contributed by atoms with Crippen LogP contribution in [-0.4, -0.2) is 98.7 Å². The lowest BCUT2D eigenvalue weighted by molar-refractivity contribution is -0.105. The van der Waals surface area contributed by atoms with Crippen molar-refractivity contribution in [1.29, 1.82) is 0 Å². The van der Waals surface area contributed by atoms with Gasteiger partial charge in [0.15, 0.2) is 12.6 Å². The van der Waals surface area contributed by atoms with Gasteiger partial charge < -0.3 is 40.1 Å². The summed E-state index contributed by atoms with van der Waals surface area (Å²) in [6.07, 6.45) is 39.9. The normalized spacial score (nSPS) is 16.8. The summed E-state index contributed by atoms with van der Waals surface area (Å²) in [4.78, 5) is 53.2. The average molecular weight is 1320 g/mol. The molecule has 2 aliphatic heterocycles. The van der Waals surface area contributed by atoms with E-state index in [1.54, 1.807) is 33.8 Å². The minimum absolute atomic E-state index is 0.0549. The summed E-state index contributed by atoms with van der Waals surface area (Å²) >= 11 is 12.1. The lowest BCUT2D eigenvalue weighted by Gasteiger charge is -2.13. The lowest BCUT2D eigenvalue weighted by Crippen LogP contribution is -2.02.